The minimum atomic E-state index is -0.197. The zero-order valence-electron chi connectivity index (χ0n) is 14.7. The highest BCUT2D eigenvalue weighted by atomic mass is 16.2. The molecule has 134 valence electrons. The minimum Gasteiger partial charge on any atom is -0.353 e. The van der Waals surface area contributed by atoms with Crippen molar-refractivity contribution in [1.82, 2.24) is 15.1 Å². The van der Waals surface area contributed by atoms with Crippen LogP contribution in [0.5, 0.6) is 0 Å². The zero-order chi connectivity index (χ0) is 17.2. The predicted octanol–water partition coefficient (Wildman–Crippen LogP) is 1.78. The smallest absolute Gasteiger partial charge is 0.225 e. The maximum absolute atomic E-state index is 12.6. The molecule has 0 radical (unpaired) electrons. The Morgan fingerprint density at radius 1 is 1.08 bits per heavy atom. The highest BCUT2D eigenvalue weighted by molar-refractivity contribution is 5.89. The van der Waals surface area contributed by atoms with Gasteiger partial charge < -0.3 is 15.1 Å². The van der Waals surface area contributed by atoms with Gasteiger partial charge in [0.1, 0.15) is 0 Å². The molecule has 1 aliphatic carbocycles. The molecule has 1 saturated carbocycles. The summed E-state index contributed by atoms with van der Waals surface area (Å²) < 4.78 is 0. The molecule has 2 amide bonds. The number of hydrogen-bond donors (Lipinski definition) is 1. The molecule has 0 bridgehead atoms. The molecule has 2 aliphatic heterocycles. The number of rotatable bonds is 5. The van der Waals surface area contributed by atoms with Gasteiger partial charge in [0, 0.05) is 44.7 Å². The lowest BCUT2D eigenvalue weighted by molar-refractivity contribution is -0.129. The van der Waals surface area contributed by atoms with Crippen molar-refractivity contribution in [3.63, 3.8) is 0 Å². The second-order valence-electron chi connectivity index (χ2n) is 7.71. The fourth-order valence-electron chi connectivity index (χ4n) is 4.07. The Bertz CT molecular complexity index is 621. The van der Waals surface area contributed by atoms with Gasteiger partial charge in [-0.1, -0.05) is 30.3 Å². The zero-order valence-corrected chi connectivity index (χ0v) is 14.7. The lowest BCUT2D eigenvalue weighted by Crippen LogP contribution is -2.47. The summed E-state index contributed by atoms with van der Waals surface area (Å²) in [6.45, 7) is 3.34. The number of piperidine rings is 1. The van der Waals surface area contributed by atoms with Gasteiger partial charge in [0.15, 0.2) is 0 Å². The van der Waals surface area contributed by atoms with Crippen molar-refractivity contribution in [2.24, 2.45) is 5.92 Å². The van der Waals surface area contributed by atoms with E-state index >= 15 is 0 Å². The molecule has 25 heavy (non-hydrogen) atoms. The van der Waals surface area contributed by atoms with Crippen LogP contribution in [0.3, 0.4) is 0 Å². The van der Waals surface area contributed by atoms with Crippen molar-refractivity contribution in [3.8, 4) is 0 Å². The first-order chi connectivity index (χ1) is 12.2. The van der Waals surface area contributed by atoms with E-state index in [0.29, 0.717) is 19.5 Å². The number of likely N-dealkylation sites (tertiary alicyclic amines) is 2. The molecule has 3 aliphatic rings. The van der Waals surface area contributed by atoms with E-state index in [2.05, 4.69) is 10.2 Å². The SMILES string of the molecule is O=C(NC1CCN(C2CC2)CC1)C1CC(=O)N(Cc2ccccc2)C1. The summed E-state index contributed by atoms with van der Waals surface area (Å²) >= 11 is 0. The monoisotopic (exact) mass is 341 g/mol. The third-order valence-corrected chi connectivity index (χ3v) is 5.74. The van der Waals surface area contributed by atoms with Gasteiger partial charge in [-0.05, 0) is 31.2 Å². The first-order valence-electron chi connectivity index (χ1n) is 9.55. The highest BCUT2D eigenvalue weighted by Gasteiger charge is 2.36. The Kier molecular flexibility index (Phi) is 4.75. The largest absolute Gasteiger partial charge is 0.353 e. The molecule has 5 nitrogen and oxygen atoms in total. The van der Waals surface area contributed by atoms with Gasteiger partial charge in [-0.15, -0.1) is 0 Å². The molecule has 1 unspecified atom stereocenters. The number of nitrogens with zero attached hydrogens (tertiary/aromatic N) is 2. The van der Waals surface area contributed by atoms with Crippen LogP contribution in [-0.4, -0.2) is 53.3 Å². The van der Waals surface area contributed by atoms with E-state index in [1.54, 1.807) is 0 Å². The summed E-state index contributed by atoms with van der Waals surface area (Å²) in [4.78, 5) is 29.2. The lowest BCUT2D eigenvalue weighted by Gasteiger charge is -2.32. The van der Waals surface area contributed by atoms with Crippen molar-refractivity contribution in [1.29, 1.82) is 0 Å². The van der Waals surface area contributed by atoms with Crippen LogP contribution in [0.1, 0.15) is 37.7 Å². The second kappa shape index (κ2) is 7.16. The molecule has 1 atom stereocenters. The standard InChI is InChI=1S/C20H27N3O2/c24-19-12-16(14-23(19)13-15-4-2-1-3-5-15)20(25)21-17-8-10-22(11-9-17)18-6-7-18/h1-5,16-18H,6-14H2,(H,21,25). The van der Waals surface area contributed by atoms with Crippen LogP contribution < -0.4 is 5.32 Å². The average molecular weight is 341 g/mol. The number of carbonyl (C=O) groups excluding carboxylic acids is 2. The summed E-state index contributed by atoms with van der Waals surface area (Å²) in [5.74, 6) is -0.0426. The lowest BCUT2D eigenvalue weighted by atomic mass is 10.0. The maximum Gasteiger partial charge on any atom is 0.225 e. The van der Waals surface area contributed by atoms with Crippen LogP contribution in [0.4, 0.5) is 0 Å². The van der Waals surface area contributed by atoms with Crippen LogP contribution in [0.25, 0.3) is 0 Å². The first-order valence-corrected chi connectivity index (χ1v) is 9.55. The van der Waals surface area contributed by atoms with E-state index in [0.717, 1.165) is 37.5 Å². The molecule has 2 heterocycles. The molecule has 3 fully saturated rings. The number of nitrogens with one attached hydrogen (secondary N) is 1. The fraction of sp³-hybridized carbons (Fsp3) is 0.600. The van der Waals surface area contributed by atoms with E-state index in [9.17, 15) is 9.59 Å². The van der Waals surface area contributed by atoms with Gasteiger partial charge >= 0.3 is 0 Å². The molecule has 2 saturated heterocycles. The van der Waals surface area contributed by atoms with Gasteiger partial charge in [0.25, 0.3) is 0 Å². The van der Waals surface area contributed by atoms with Crippen molar-refractivity contribution < 1.29 is 9.59 Å². The van der Waals surface area contributed by atoms with E-state index < -0.39 is 0 Å². The highest BCUT2D eigenvalue weighted by Crippen LogP contribution is 2.29. The molecule has 0 spiro atoms. The molecule has 0 aromatic heterocycles. The summed E-state index contributed by atoms with van der Waals surface area (Å²) in [5, 5.41) is 3.20. The summed E-state index contributed by atoms with van der Waals surface area (Å²) in [5.41, 5.74) is 1.12. The number of amides is 2. The van der Waals surface area contributed by atoms with Gasteiger partial charge in [0.2, 0.25) is 11.8 Å². The Labute approximate surface area is 149 Å². The van der Waals surface area contributed by atoms with Gasteiger partial charge in [0.05, 0.1) is 5.92 Å². The first kappa shape index (κ1) is 16.6. The Morgan fingerprint density at radius 2 is 1.80 bits per heavy atom. The predicted molar refractivity (Wildman–Crippen MR) is 95.7 cm³/mol. The third kappa shape index (κ3) is 4.03. The normalized spacial score (nSPS) is 25.4. The fourth-order valence-corrected chi connectivity index (χ4v) is 4.07. The van der Waals surface area contributed by atoms with Crippen molar-refractivity contribution in [2.45, 2.75) is 50.7 Å². The van der Waals surface area contributed by atoms with Crippen LogP contribution in [0.15, 0.2) is 30.3 Å². The Balaban J connectivity index is 1.26. The Hall–Kier alpha value is -1.88. The van der Waals surface area contributed by atoms with Crippen LogP contribution >= 0.6 is 0 Å². The van der Waals surface area contributed by atoms with Crippen LogP contribution in [-0.2, 0) is 16.1 Å². The number of benzene rings is 1. The number of carbonyl (C=O) groups is 2. The third-order valence-electron chi connectivity index (χ3n) is 5.74. The number of hydrogen-bond acceptors (Lipinski definition) is 3. The molecule has 5 heteroatoms. The average Bonchev–Trinajstić information content (AvgIpc) is 3.41. The van der Waals surface area contributed by atoms with Gasteiger partial charge in [-0.25, -0.2) is 0 Å². The van der Waals surface area contributed by atoms with Crippen molar-refractivity contribution in [3.05, 3.63) is 35.9 Å². The van der Waals surface area contributed by atoms with Crippen molar-refractivity contribution in [2.75, 3.05) is 19.6 Å². The van der Waals surface area contributed by atoms with Gasteiger partial charge in [-0.3, -0.25) is 9.59 Å². The molecule has 1 aromatic carbocycles. The van der Waals surface area contributed by atoms with Crippen LogP contribution in [0.2, 0.25) is 0 Å². The maximum atomic E-state index is 12.6. The van der Waals surface area contributed by atoms with Gasteiger partial charge in [-0.2, -0.15) is 0 Å². The quantitative estimate of drug-likeness (QED) is 0.888. The Morgan fingerprint density at radius 3 is 2.48 bits per heavy atom. The van der Waals surface area contributed by atoms with E-state index in [4.69, 9.17) is 0 Å². The summed E-state index contributed by atoms with van der Waals surface area (Å²) in [6.07, 6.45) is 5.11. The van der Waals surface area contributed by atoms with E-state index in [-0.39, 0.29) is 23.8 Å². The van der Waals surface area contributed by atoms with Crippen molar-refractivity contribution >= 4 is 11.8 Å². The molecular weight excluding hydrogens is 314 g/mol. The topological polar surface area (TPSA) is 52.7 Å². The molecular formula is C20H27N3O2. The van der Waals surface area contributed by atoms with Crippen LogP contribution in [0, 0.1) is 5.92 Å². The second-order valence-corrected chi connectivity index (χ2v) is 7.71. The minimum absolute atomic E-state index is 0.0637. The summed E-state index contributed by atoms with van der Waals surface area (Å²) in [7, 11) is 0. The van der Waals surface area contributed by atoms with E-state index in [1.165, 1.54) is 12.8 Å². The molecule has 1 aromatic rings. The summed E-state index contributed by atoms with van der Waals surface area (Å²) in [6, 6.07) is 11.1. The van der Waals surface area contributed by atoms with E-state index in [1.807, 2.05) is 35.2 Å². The molecule has 4 rings (SSSR count). The molecule has 1 N–H and O–H groups in total.